The van der Waals surface area contributed by atoms with Crippen LogP contribution in [0.25, 0.3) is 11.0 Å². The van der Waals surface area contributed by atoms with E-state index in [-0.39, 0.29) is 11.5 Å². The van der Waals surface area contributed by atoms with Crippen LogP contribution in [-0.4, -0.2) is 21.1 Å². The average Bonchev–Trinajstić information content (AvgIpc) is 2.73. The molecule has 0 saturated heterocycles. The molecule has 0 unspecified atom stereocenters. The van der Waals surface area contributed by atoms with Gasteiger partial charge in [0.15, 0.2) is 5.16 Å². The molecule has 114 valence electrons. The molecule has 1 aromatic carbocycles. The second kappa shape index (κ2) is 6.09. The summed E-state index contributed by atoms with van der Waals surface area (Å²) < 4.78 is 40.2. The molecule has 3 nitrogen and oxygen atoms in total. The van der Waals surface area contributed by atoms with Crippen molar-refractivity contribution in [3.63, 3.8) is 0 Å². The van der Waals surface area contributed by atoms with Crippen molar-refractivity contribution in [3.8, 4) is 0 Å². The molecule has 0 atom stereocenters. The Morgan fingerprint density at radius 3 is 2.67 bits per heavy atom. The van der Waals surface area contributed by atoms with Crippen molar-refractivity contribution < 1.29 is 18.0 Å². The standard InChI is InChI=1S/C14H15F3N2OS/c1-3-6-19-12-7-10(14(15,16)17)4-5-11(12)18-13(19)21-8-9(2)20/h4-5,7H,3,6,8H2,1-2H3. The third-order valence-electron chi connectivity index (χ3n) is 2.89. The molecule has 0 radical (unpaired) electrons. The van der Waals surface area contributed by atoms with E-state index < -0.39 is 11.7 Å². The van der Waals surface area contributed by atoms with Crippen molar-refractivity contribution in [2.24, 2.45) is 0 Å². The number of Topliss-reactive ketones (excluding diaryl/α,β-unsaturated/α-hetero) is 1. The van der Waals surface area contributed by atoms with Gasteiger partial charge in [0.05, 0.1) is 22.3 Å². The van der Waals surface area contributed by atoms with Gasteiger partial charge in [0, 0.05) is 6.54 Å². The maximum absolute atomic E-state index is 12.8. The van der Waals surface area contributed by atoms with Crippen molar-refractivity contribution in [2.75, 3.05) is 5.75 Å². The summed E-state index contributed by atoms with van der Waals surface area (Å²) in [5, 5.41) is 0.585. The van der Waals surface area contributed by atoms with Crippen LogP contribution in [-0.2, 0) is 17.5 Å². The second-order valence-electron chi connectivity index (χ2n) is 4.74. The number of halogens is 3. The highest BCUT2D eigenvalue weighted by atomic mass is 32.2. The summed E-state index contributed by atoms with van der Waals surface area (Å²) in [6.45, 7) is 3.98. The quantitative estimate of drug-likeness (QED) is 0.777. The molecule has 0 amide bonds. The van der Waals surface area contributed by atoms with E-state index in [1.807, 2.05) is 6.92 Å². The number of carbonyl (C=O) groups excluding carboxylic acids is 1. The third-order valence-corrected chi connectivity index (χ3v) is 4.01. The van der Waals surface area contributed by atoms with E-state index in [0.29, 0.717) is 22.7 Å². The average molecular weight is 316 g/mol. The lowest BCUT2D eigenvalue weighted by molar-refractivity contribution is -0.137. The van der Waals surface area contributed by atoms with Crippen molar-refractivity contribution in [1.29, 1.82) is 0 Å². The van der Waals surface area contributed by atoms with E-state index in [1.165, 1.54) is 24.8 Å². The number of aromatic nitrogens is 2. The van der Waals surface area contributed by atoms with E-state index in [2.05, 4.69) is 4.98 Å². The van der Waals surface area contributed by atoms with Gasteiger partial charge >= 0.3 is 6.18 Å². The molecule has 2 aromatic rings. The molecule has 2 rings (SSSR count). The first kappa shape index (κ1) is 15.9. The molecule has 0 aliphatic heterocycles. The number of imidazole rings is 1. The number of hydrogen-bond donors (Lipinski definition) is 0. The van der Waals surface area contributed by atoms with Crippen molar-refractivity contribution in [2.45, 2.75) is 38.1 Å². The zero-order valence-electron chi connectivity index (χ0n) is 11.7. The molecule has 0 aliphatic carbocycles. The number of thioether (sulfide) groups is 1. The van der Waals surface area contributed by atoms with Crippen LogP contribution in [0.15, 0.2) is 23.4 Å². The van der Waals surface area contributed by atoms with Crippen LogP contribution < -0.4 is 0 Å². The minimum absolute atomic E-state index is 0.00563. The number of aryl methyl sites for hydroxylation is 1. The summed E-state index contributed by atoms with van der Waals surface area (Å²) in [7, 11) is 0. The smallest absolute Gasteiger partial charge is 0.319 e. The fraction of sp³-hybridized carbons (Fsp3) is 0.429. The van der Waals surface area contributed by atoms with Gasteiger partial charge in [-0.3, -0.25) is 4.79 Å². The SMILES string of the molecule is CCCn1c(SCC(C)=O)nc2ccc(C(F)(F)F)cc21. The Balaban J connectivity index is 2.50. The molecule has 7 heteroatoms. The van der Waals surface area contributed by atoms with E-state index >= 15 is 0 Å². The molecular formula is C14H15F3N2OS. The third kappa shape index (κ3) is 3.58. The van der Waals surface area contributed by atoms with Crippen LogP contribution in [0.3, 0.4) is 0 Å². The van der Waals surface area contributed by atoms with E-state index in [9.17, 15) is 18.0 Å². The first-order valence-corrected chi connectivity index (χ1v) is 7.51. The number of nitrogens with zero attached hydrogens (tertiary/aromatic N) is 2. The largest absolute Gasteiger partial charge is 0.416 e. The predicted molar refractivity (Wildman–Crippen MR) is 76.4 cm³/mol. The van der Waals surface area contributed by atoms with Crippen LogP contribution in [0.4, 0.5) is 13.2 Å². The van der Waals surface area contributed by atoms with Crippen molar-refractivity contribution in [1.82, 2.24) is 9.55 Å². The zero-order chi connectivity index (χ0) is 15.6. The second-order valence-corrected chi connectivity index (χ2v) is 5.68. The number of ketones is 1. The van der Waals surface area contributed by atoms with Crippen LogP contribution >= 0.6 is 11.8 Å². The minimum atomic E-state index is -4.37. The van der Waals surface area contributed by atoms with Gasteiger partial charge in [0.1, 0.15) is 5.78 Å². The van der Waals surface area contributed by atoms with Crippen LogP contribution in [0.2, 0.25) is 0 Å². The van der Waals surface area contributed by atoms with Gasteiger partial charge in [0.2, 0.25) is 0 Å². The number of alkyl halides is 3. The van der Waals surface area contributed by atoms with E-state index in [1.54, 1.807) is 4.57 Å². The zero-order valence-corrected chi connectivity index (χ0v) is 12.5. The maximum atomic E-state index is 12.8. The van der Waals surface area contributed by atoms with Gasteiger partial charge < -0.3 is 4.57 Å². The van der Waals surface area contributed by atoms with Crippen LogP contribution in [0.5, 0.6) is 0 Å². The number of rotatable bonds is 5. The van der Waals surface area contributed by atoms with Gasteiger partial charge in [-0.15, -0.1) is 0 Å². The number of hydrogen-bond acceptors (Lipinski definition) is 3. The molecule has 21 heavy (non-hydrogen) atoms. The van der Waals surface area contributed by atoms with Gasteiger partial charge in [-0.25, -0.2) is 4.98 Å². The summed E-state index contributed by atoms with van der Waals surface area (Å²) in [6.07, 6.45) is -3.60. The van der Waals surface area contributed by atoms with Gasteiger partial charge in [-0.2, -0.15) is 13.2 Å². The Kier molecular flexibility index (Phi) is 4.61. The lowest BCUT2D eigenvalue weighted by atomic mass is 10.2. The Hall–Kier alpha value is -1.50. The number of benzene rings is 1. The molecule has 0 N–H and O–H groups in total. The van der Waals surface area contributed by atoms with Crippen LogP contribution in [0.1, 0.15) is 25.8 Å². The van der Waals surface area contributed by atoms with Crippen molar-refractivity contribution >= 4 is 28.6 Å². The summed E-state index contributed by atoms with van der Waals surface area (Å²) in [6, 6.07) is 3.53. The summed E-state index contributed by atoms with van der Waals surface area (Å²) >= 11 is 1.26. The molecular weight excluding hydrogens is 301 g/mol. The monoisotopic (exact) mass is 316 g/mol. The molecule has 0 fully saturated rings. The summed E-state index contributed by atoms with van der Waals surface area (Å²) in [5.41, 5.74) is 0.288. The molecule has 0 aliphatic rings. The highest BCUT2D eigenvalue weighted by Crippen LogP contribution is 2.33. The van der Waals surface area contributed by atoms with Gasteiger partial charge in [-0.05, 0) is 31.5 Å². The van der Waals surface area contributed by atoms with Gasteiger partial charge in [0.25, 0.3) is 0 Å². The van der Waals surface area contributed by atoms with E-state index in [4.69, 9.17) is 0 Å². The fourth-order valence-electron chi connectivity index (χ4n) is 1.99. The van der Waals surface area contributed by atoms with Crippen molar-refractivity contribution in [3.05, 3.63) is 23.8 Å². The lowest BCUT2D eigenvalue weighted by Gasteiger charge is -2.09. The highest BCUT2D eigenvalue weighted by molar-refractivity contribution is 7.99. The Bertz CT molecular complexity index is 664. The normalized spacial score (nSPS) is 12.0. The fourth-order valence-corrected chi connectivity index (χ4v) is 2.83. The lowest BCUT2D eigenvalue weighted by Crippen LogP contribution is -2.05. The van der Waals surface area contributed by atoms with Crippen LogP contribution in [0, 0.1) is 0 Å². The minimum Gasteiger partial charge on any atom is -0.319 e. The molecule has 0 bridgehead atoms. The molecule has 0 spiro atoms. The summed E-state index contributed by atoms with van der Waals surface area (Å²) in [4.78, 5) is 15.4. The molecule has 0 saturated carbocycles. The topological polar surface area (TPSA) is 34.9 Å². The predicted octanol–water partition coefficient (Wildman–Crippen LogP) is 4.15. The number of fused-ring (bicyclic) bond motifs is 1. The molecule has 1 aromatic heterocycles. The number of carbonyl (C=O) groups is 1. The molecule has 1 heterocycles. The van der Waals surface area contributed by atoms with E-state index in [0.717, 1.165) is 18.6 Å². The van der Waals surface area contributed by atoms with Gasteiger partial charge in [-0.1, -0.05) is 18.7 Å². The highest BCUT2D eigenvalue weighted by Gasteiger charge is 2.31. The first-order chi connectivity index (χ1) is 9.82. The maximum Gasteiger partial charge on any atom is 0.416 e. The Morgan fingerprint density at radius 2 is 2.10 bits per heavy atom. The summed E-state index contributed by atoms with van der Waals surface area (Å²) in [5.74, 6) is 0.269. The first-order valence-electron chi connectivity index (χ1n) is 6.52. The Labute approximate surface area is 124 Å². The Morgan fingerprint density at radius 1 is 1.38 bits per heavy atom.